The molecule has 0 N–H and O–H groups in total. The molecule has 0 aliphatic heterocycles. The molecule has 16 heavy (non-hydrogen) atoms. The van der Waals surface area contributed by atoms with E-state index in [0.717, 1.165) is 19.6 Å². The number of hydrogen-bond acceptors (Lipinski definition) is 2. The first-order chi connectivity index (χ1) is 7.91. The molecule has 0 aromatic rings. The Morgan fingerprint density at radius 2 is 1.12 bits per heavy atom. The molecule has 2 nitrogen and oxygen atoms in total. The lowest BCUT2D eigenvalue weighted by Gasteiger charge is -2.04. The molecular weight excluding hydrogens is 200 g/mol. The highest BCUT2D eigenvalue weighted by molar-refractivity contribution is 4.45. The first-order valence-corrected chi connectivity index (χ1v) is 7.07. The van der Waals surface area contributed by atoms with E-state index in [4.69, 9.17) is 9.47 Å². The zero-order valence-electron chi connectivity index (χ0n) is 11.3. The largest absolute Gasteiger partial charge is 0.355 e. The van der Waals surface area contributed by atoms with Crippen LogP contribution in [0.4, 0.5) is 0 Å². The van der Waals surface area contributed by atoms with Crippen molar-refractivity contribution in [3.63, 3.8) is 0 Å². The van der Waals surface area contributed by atoms with E-state index in [2.05, 4.69) is 13.8 Å². The number of rotatable bonds is 13. The molecule has 0 saturated heterocycles. The molecule has 0 radical (unpaired) electrons. The highest BCUT2D eigenvalue weighted by Gasteiger charge is 1.92. The summed E-state index contributed by atoms with van der Waals surface area (Å²) in [6, 6.07) is 0. The Morgan fingerprint density at radius 1 is 0.562 bits per heavy atom. The Morgan fingerprint density at radius 3 is 1.75 bits per heavy atom. The first-order valence-electron chi connectivity index (χ1n) is 7.07. The fourth-order valence-electron chi connectivity index (χ4n) is 1.66. The van der Waals surface area contributed by atoms with Crippen LogP contribution < -0.4 is 0 Å². The monoisotopic (exact) mass is 230 g/mol. The van der Waals surface area contributed by atoms with E-state index in [9.17, 15) is 0 Å². The fraction of sp³-hybridized carbons (Fsp3) is 1.00. The predicted octanol–water partition coefficient (Wildman–Crippen LogP) is 4.53. The summed E-state index contributed by atoms with van der Waals surface area (Å²) in [5.74, 6) is 0. The van der Waals surface area contributed by atoms with Crippen LogP contribution in [0.2, 0.25) is 0 Å². The van der Waals surface area contributed by atoms with Gasteiger partial charge in [0.2, 0.25) is 0 Å². The van der Waals surface area contributed by atoms with Gasteiger partial charge in [-0.1, -0.05) is 58.8 Å². The molecule has 0 aliphatic carbocycles. The van der Waals surface area contributed by atoms with Gasteiger partial charge in [-0.3, -0.25) is 0 Å². The van der Waals surface area contributed by atoms with Gasteiger partial charge in [-0.05, 0) is 12.8 Å². The minimum Gasteiger partial charge on any atom is -0.355 e. The molecule has 0 amide bonds. The maximum absolute atomic E-state index is 5.36. The Balaban J connectivity index is 2.83. The van der Waals surface area contributed by atoms with Crippen molar-refractivity contribution in [2.45, 2.75) is 71.6 Å². The maximum atomic E-state index is 5.36. The van der Waals surface area contributed by atoms with Crippen LogP contribution in [0, 0.1) is 0 Å². The third-order valence-electron chi connectivity index (χ3n) is 2.66. The average molecular weight is 230 g/mol. The summed E-state index contributed by atoms with van der Waals surface area (Å²) in [4.78, 5) is 0. The minimum absolute atomic E-state index is 0.477. The molecule has 0 aliphatic rings. The van der Waals surface area contributed by atoms with Gasteiger partial charge in [-0.15, -0.1) is 0 Å². The molecule has 98 valence electrons. The predicted molar refractivity (Wildman–Crippen MR) is 69.7 cm³/mol. The van der Waals surface area contributed by atoms with Gasteiger partial charge in [0.25, 0.3) is 0 Å². The zero-order chi connectivity index (χ0) is 11.9. The summed E-state index contributed by atoms with van der Waals surface area (Å²) in [6.07, 6.45) is 11.9. The van der Waals surface area contributed by atoms with E-state index < -0.39 is 0 Å². The average Bonchev–Trinajstić information content (AvgIpc) is 2.31. The van der Waals surface area contributed by atoms with Crippen molar-refractivity contribution in [3.8, 4) is 0 Å². The number of hydrogen-bond donors (Lipinski definition) is 0. The van der Waals surface area contributed by atoms with Crippen molar-refractivity contribution in [2.75, 3.05) is 20.0 Å². The standard InChI is InChI=1S/C14H30O2/c1-3-5-6-7-8-9-10-11-13-16-14-15-12-4-2/h3-14H2,1-2H3. The molecule has 0 saturated carbocycles. The van der Waals surface area contributed by atoms with Gasteiger partial charge in [0.1, 0.15) is 6.79 Å². The molecular formula is C14H30O2. The summed E-state index contributed by atoms with van der Waals surface area (Å²) in [5, 5.41) is 0. The van der Waals surface area contributed by atoms with Crippen LogP contribution in [0.15, 0.2) is 0 Å². The van der Waals surface area contributed by atoms with Crippen LogP contribution in [0.25, 0.3) is 0 Å². The van der Waals surface area contributed by atoms with E-state index in [1.807, 2.05) is 0 Å². The molecule has 0 unspecified atom stereocenters. The third-order valence-corrected chi connectivity index (χ3v) is 2.66. The second-order valence-corrected chi connectivity index (χ2v) is 4.41. The first kappa shape index (κ1) is 15.9. The zero-order valence-corrected chi connectivity index (χ0v) is 11.3. The number of unbranched alkanes of at least 4 members (excludes halogenated alkanes) is 7. The summed E-state index contributed by atoms with van der Waals surface area (Å²) >= 11 is 0. The lowest BCUT2D eigenvalue weighted by molar-refractivity contribution is -0.0543. The lowest BCUT2D eigenvalue weighted by atomic mass is 10.1. The molecule has 0 rings (SSSR count). The SMILES string of the molecule is CCCCCCCCCCOCOCCC. The van der Waals surface area contributed by atoms with Gasteiger partial charge in [0, 0.05) is 13.2 Å². The van der Waals surface area contributed by atoms with E-state index in [-0.39, 0.29) is 0 Å². The molecule has 2 heteroatoms. The van der Waals surface area contributed by atoms with E-state index in [0.29, 0.717) is 6.79 Å². The minimum atomic E-state index is 0.477. The molecule has 0 aromatic carbocycles. The molecule has 0 aromatic heterocycles. The fourth-order valence-corrected chi connectivity index (χ4v) is 1.66. The molecule has 0 heterocycles. The smallest absolute Gasteiger partial charge is 0.146 e. The van der Waals surface area contributed by atoms with Crippen molar-refractivity contribution in [2.24, 2.45) is 0 Å². The van der Waals surface area contributed by atoms with Gasteiger partial charge < -0.3 is 9.47 Å². The van der Waals surface area contributed by atoms with Gasteiger partial charge >= 0.3 is 0 Å². The van der Waals surface area contributed by atoms with Crippen LogP contribution in [-0.4, -0.2) is 20.0 Å². The van der Waals surface area contributed by atoms with Crippen molar-refractivity contribution in [1.29, 1.82) is 0 Å². The van der Waals surface area contributed by atoms with Gasteiger partial charge in [0.15, 0.2) is 0 Å². The van der Waals surface area contributed by atoms with Gasteiger partial charge in [0.05, 0.1) is 0 Å². The highest BCUT2D eigenvalue weighted by atomic mass is 16.7. The summed E-state index contributed by atoms with van der Waals surface area (Å²) in [5.41, 5.74) is 0. The Kier molecular flexibility index (Phi) is 14.8. The van der Waals surface area contributed by atoms with Crippen molar-refractivity contribution >= 4 is 0 Å². The molecule has 0 fully saturated rings. The Bertz CT molecular complexity index is 101. The van der Waals surface area contributed by atoms with Crippen LogP contribution in [0.5, 0.6) is 0 Å². The Labute approximate surface area is 102 Å². The quantitative estimate of drug-likeness (QED) is 0.342. The van der Waals surface area contributed by atoms with E-state index >= 15 is 0 Å². The van der Waals surface area contributed by atoms with Crippen molar-refractivity contribution < 1.29 is 9.47 Å². The molecule has 0 spiro atoms. The van der Waals surface area contributed by atoms with Crippen LogP contribution in [0.1, 0.15) is 71.6 Å². The maximum Gasteiger partial charge on any atom is 0.146 e. The van der Waals surface area contributed by atoms with Crippen LogP contribution >= 0.6 is 0 Å². The van der Waals surface area contributed by atoms with Gasteiger partial charge in [-0.25, -0.2) is 0 Å². The van der Waals surface area contributed by atoms with Crippen molar-refractivity contribution in [1.82, 2.24) is 0 Å². The molecule has 0 atom stereocenters. The van der Waals surface area contributed by atoms with E-state index in [1.54, 1.807) is 0 Å². The van der Waals surface area contributed by atoms with Gasteiger partial charge in [-0.2, -0.15) is 0 Å². The summed E-state index contributed by atoms with van der Waals surface area (Å²) < 4.78 is 10.6. The topological polar surface area (TPSA) is 18.5 Å². The van der Waals surface area contributed by atoms with Crippen LogP contribution in [0.3, 0.4) is 0 Å². The second-order valence-electron chi connectivity index (χ2n) is 4.41. The lowest BCUT2D eigenvalue weighted by Crippen LogP contribution is -2.02. The summed E-state index contributed by atoms with van der Waals surface area (Å²) in [6.45, 7) is 6.52. The Hall–Kier alpha value is -0.0800. The third kappa shape index (κ3) is 13.9. The highest BCUT2D eigenvalue weighted by Crippen LogP contribution is 2.08. The normalized spacial score (nSPS) is 10.9. The summed E-state index contributed by atoms with van der Waals surface area (Å²) in [7, 11) is 0. The van der Waals surface area contributed by atoms with Crippen molar-refractivity contribution in [3.05, 3.63) is 0 Å². The second kappa shape index (κ2) is 14.9. The van der Waals surface area contributed by atoms with E-state index in [1.165, 1.54) is 51.4 Å². The molecule has 0 bridgehead atoms. The van der Waals surface area contributed by atoms with Crippen LogP contribution in [-0.2, 0) is 9.47 Å². The number of ether oxygens (including phenoxy) is 2.